The summed E-state index contributed by atoms with van der Waals surface area (Å²) in [7, 11) is 0. The number of aryl methyl sites for hydroxylation is 1. The molecule has 1 aromatic carbocycles. The highest BCUT2D eigenvalue weighted by Gasteiger charge is 2.23. The third-order valence-electron chi connectivity index (χ3n) is 4.26. The maximum absolute atomic E-state index is 13.0. The van der Waals surface area contributed by atoms with Crippen LogP contribution in [-0.4, -0.2) is 26.0 Å². The molecule has 2 aromatic heterocycles. The fraction of sp³-hybridized carbons (Fsp3) is 0.409. The topological polar surface area (TPSA) is 59.3 Å². The van der Waals surface area contributed by atoms with Crippen LogP contribution in [0.15, 0.2) is 36.4 Å². The molecule has 0 spiro atoms. The number of fused-ring (bicyclic) bond motifs is 1. The van der Waals surface area contributed by atoms with Gasteiger partial charge in [0, 0.05) is 22.6 Å². The second-order valence-corrected chi connectivity index (χ2v) is 9.15. The predicted octanol–water partition coefficient (Wildman–Crippen LogP) is 4.53. The number of hydrogen-bond acceptors (Lipinski definition) is 3. The van der Waals surface area contributed by atoms with E-state index < -0.39 is 0 Å². The van der Waals surface area contributed by atoms with Crippen LogP contribution in [0, 0.1) is 6.92 Å². The predicted molar refractivity (Wildman–Crippen MR) is 109 cm³/mol. The molecule has 0 saturated carbocycles. The Hall–Kier alpha value is -2.69. The van der Waals surface area contributed by atoms with Crippen molar-refractivity contribution >= 4 is 11.6 Å². The lowest BCUT2D eigenvalue weighted by molar-refractivity contribution is 0.0911. The molecule has 3 aromatic rings. The molecule has 0 radical (unpaired) electrons. The second kappa shape index (κ2) is 6.48. The molecule has 0 aliphatic rings. The minimum absolute atomic E-state index is 0.129. The maximum atomic E-state index is 13.0. The second-order valence-electron chi connectivity index (χ2n) is 9.15. The standard InChI is InChI=1S/C22H28N4O/c1-14-8-10-15(11-9-14)16-12-17(20(27)24-22(5,6)7)26-19(23-16)13-18(25-26)21(2,3)4/h8-13H,1-7H3,(H,24,27). The fourth-order valence-electron chi connectivity index (χ4n) is 2.78. The molecule has 1 N–H and O–H groups in total. The molecule has 0 fully saturated rings. The van der Waals surface area contributed by atoms with Gasteiger partial charge in [0.2, 0.25) is 0 Å². The van der Waals surface area contributed by atoms with Crippen LogP contribution >= 0.6 is 0 Å². The lowest BCUT2D eigenvalue weighted by atomic mass is 9.93. The molecular weight excluding hydrogens is 336 g/mol. The monoisotopic (exact) mass is 364 g/mol. The van der Waals surface area contributed by atoms with Crippen LogP contribution in [0.3, 0.4) is 0 Å². The van der Waals surface area contributed by atoms with Crippen LogP contribution in [0.1, 0.15) is 63.3 Å². The van der Waals surface area contributed by atoms with Gasteiger partial charge in [-0.1, -0.05) is 50.6 Å². The van der Waals surface area contributed by atoms with Crippen molar-refractivity contribution in [1.82, 2.24) is 19.9 Å². The largest absolute Gasteiger partial charge is 0.346 e. The number of nitrogens with one attached hydrogen (secondary N) is 1. The molecule has 0 aliphatic carbocycles. The molecule has 0 atom stereocenters. The summed E-state index contributed by atoms with van der Waals surface area (Å²) in [5, 5.41) is 7.71. The quantitative estimate of drug-likeness (QED) is 0.727. The molecule has 5 heteroatoms. The zero-order chi connectivity index (χ0) is 20.0. The van der Waals surface area contributed by atoms with Gasteiger partial charge in [-0.3, -0.25) is 4.79 Å². The third-order valence-corrected chi connectivity index (χ3v) is 4.26. The van der Waals surface area contributed by atoms with Crippen molar-refractivity contribution in [3.8, 4) is 11.3 Å². The molecule has 0 saturated heterocycles. The van der Waals surface area contributed by atoms with Gasteiger partial charge in [0.1, 0.15) is 5.69 Å². The van der Waals surface area contributed by atoms with Gasteiger partial charge in [0.05, 0.1) is 11.4 Å². The Balaban J connectivity index is 2.21. The van der Waals surface area contributed by atoms with Gasteiger partial charge >= 0.3 is 0 Å². The summed E-state index contributed by atoms with van der Waals surface area (Å²) in [5.41, 5.74) is 4.53. The number of carbonyl (C=O) groups excluding carboxylic acids is 1. The number of nitrogens with zero attached hydrogens (tertiary/aromatic N) is 3. The van der Waals surface area contributed by atoms with Crippen LogP contribution in [0.25, 0.3) is 16.9 Å². The van der Waals surface area contributed by atoms with Gasteiger partial charge in [-0.05, 0) is 33.8 Å². The van der Waals surface area contributed by atoms with Crippen LogP contribution in [0.4, 0.5) is 0 Å². The van der Waals surface area contributed by atoms with Crippen molar-refractivity contribution in [2.75, 3.05) is 0 Å². The Kier molecular flexibility index (Phi) is 4.58. The van der Waals surface area contributed by atoms with Crippen LogP contribution < -0.4 is 5.32 Å². The van der Waals surface area contributed by atoms with E-state index in [4.69, 9.17) is 4.98 Å². The number of carbonyl (C=O) groups is 1. The van der Waals surface area contributed by atoms with Gasteiger partial charge in [-0.25, -0.2) is 9.50 Å². The Morgan fingerprint density at radius 1 is 1.00 bits per heavy atom. The van der Waals surface area contributed by atoms with E-state index in [1.165, 1.54) is 5.56 Å². The van der Waals surface area contributed by atoms with Crippen LogP contribution in [0.2, 0.25) is 0 Å². The van der Waals surface area contributed by atoms with Gasteiger partial charge in [0.25, 0.3) is 5.91 Å². The smallest absolute Gasteiger partial charge is 0.270 e. The molecular formula is C22H28N4O. The zero-order valence-corrected chi connectivity index (χ0v) is 17.2. The summed E-state index contributed by atoms with van der Waals surface area (Å²) in [6, 6.07) is 11.9. The van der Waals surface area contributed by atoms with E-state index in [-0.39, 0.29) is 16.9 Å². The first-order chi connectivity index (χ1) is 12.4. The fourth-order valence-corrected chi connectivity index (χ4v) is 2.78. The van der Waals surface area contributed by atoms with Crippen molar-refractivity contribution in [2.45, 2.75) is 59.4 Å². The first-order valence-electron chi connectivity index (χ1n) is 9.25. The summed E-state index contributed by atoms with van der Waals surface area (Å²) < 4.78 is 1.65. The van der Waals surface area contributed by atoms with Crippen molar-refractivity contribution in [1.29, 1.82) is 0 Å². The van der Waals surface area contributed by atoms with Crippen molar-refractivity contribution in [3.05, 3.63) is 53.3 Å². The van der Waals surface area contributed by atoms with E-state index in [2.05, 4.69) is 38.1 Å². The number of aromatic nitrogens is 3. The summed E-state index contributed by atoms with van der Waals surface area (Å²) in [4.78, 5) is 17.7. The minimum atomic E-state index is -0.337. The molecule has 142 valence electrons. The van der Waals surface area contributed by atoms with Gasteiger partial charge in [-0.15, -0.1) is 0 Å². The first kappa shape index (κ1) is 19.1. The van der Waals surface area contributed by atoms with Crippen molar-refractivity contribution in [3.63, 3.8) is 0 Å². The summed E-state index contributed by atoms with van der Waals surface area (Å²) in [6.07, 6.45) is 0. The lowest BCUT2D eigenvalue weighted by Gasteiger charge is -2.21. The van der Waals surface area contributed by atoms with E-state index >= 15 is 0 Å². The summed E-state index contributed by atoms with van der Waals surface area (Å²) >= 11 is 0. The Labute approximate surface area is 160 Å². The average molecular weight is 364 g/mol. The third kappa shape index (κ3) is 4.18. The highest BCUT2D eigenvalue weighted by Crippen LogP contribution is 2.25. The van der Waals surface area contributed by atoms with Gasteiger partial charge in [0.15, 0.2) is 5.65 Å². The van der Waals surface area contributed by atoms with E-state index in [9.17, 15) is 4.79 Å². The van der Waals surface area contributed by atoms with E-state index in [1.54, 1.807) is 4.52 Å². The molecule has 27 heavy (non-hydrogen) atoms. The van der Waals surface area contributed by atoms with E-state index in [0.29, 0.717) is 11.3 Å². The molecule has 1 amide bonds. The Morgan fingerprint density at radius 2 is 1.63 bits per heavy atom. The molecule has 3 rings (SSSR count). The number of rotatable bonds is 2. The number of hydrogen-bond donors (Lipinski definition) is 1. The average Bonchev–Trinajstić information content (AvgIpc) is 2.97. The maximum Gasteiger partial charge on any atom is 0.270 e. The number of benzene rings is 1. The summed E-state index contributed by atoms with van der Waals surface area (Å²) in [6.45, 7) is 14.3. The van der Waals surface area contributed by atoms with Crippen LogP contribution in [0.5, 0.6) is 0 Å². The number of amides is 1. The Bertz CT molecular complexity index is 986. The molecule has 5 nitrogen and oxygen atoms in total. The van der Waals surface area contributed by atoms with Crippen LogP contribution in [-0.2, 0) is 5.41 Å². The molecule has 0 bridgehead atoms. The van der Waals surface area contributed by atoms with Gasteiger partial charge < -0.3 is 5.32 Å². The normalized spacial score (nSPS) is 12.4. The molecule has 0 aliphatic heterocycles. The SMILES string of the molecule is Cc1ccc(-c2cc(C(=O)NC(C)(C)C)n3nc(C(C)(C)C)cc3n2)cc1. The van der Waals surface area contributed by atoms with E-state index in [0.717, 1.165) is 17.0 Å². The minimum Gasteiger partial charge on any atom is -0.346 e. The molecule has 2 heterocycles. The van der Waals surface area contributed by atoms with Gasteiger partial charge in [-0.2, -0.15) is 5.10 Å². The highest BCUT2D eigenvalue weighted by atomic mass is 16.2. The highest BCUT2D eigenvalue weighted by molar-refractivity contribution is 5.94. The zero-order valence-electron chi connectivity index (χ0n) is 17.2. The van der Waals surface area contributed by atoms with E-state index in [1.807, 2.05) is 57.2 Å². The van der Waals surface area contributed by atoms with Crippen molar-refractivity contribution in [2.24, 2.45) is 0 Å². The lowest BCUT2D eigenvalue weighted by Crippen LogP contribution is -2.41. The Morgan fingerprint density at radius 3 is 2.19 bits per heavy atom. The molecule has 0 unspecified atom stereocenters. The first-order valence-corrected chi connectivity index (χ1v) is 9.25. The summed E-state index contributed by atoms with van der Waals surface area (Å²) in [5.74, 6) is -0.160. The van der Waals surface area contributed by atoms with Crippen molar-refractivity contribution < 1.29 is 4.79 Å².